The number of allylic oxidation sites excluding steroid dienone is 2. The first-order valence-electron chi connectivity index (χ1n) is 4.39. The van der Waals surface area contributed by atoms with Gasteiger partial charge in [-0.25, -0.2) is 0 Å². The van der Waals surface area contributed by atoms with Crippen molar-refractivity contribution in [2.45, 2.75) is 26.7 Å². The van der Waals surface area contributed by atoms with Gasteiger partial charge < -0.3 is 0 Å². The molecule has 0 spiro atoms. The summed E-state index contributed by atoms with van der Waals surface area (Å²) in [6.07, 6.45) is 2.78. The summed E-state index contributed by atoms with van der Waals surface area (Å²) in [5, 5.41) is 0. The molecule has 0 radical (unpaired) electrons. The summed E-state index contributed by atoms with van der Waals surface area (Å²) in [5.41, 5.74) is 3.29. The minimum absolute atomic E-state index is 0.826. The third kappa shape index (κ3) is 1.18. The Morgan fingerprint density at radius 1 is 1.09 bits per heavy atom. The predicted molar refractivity (Wildman–Crippen MR) is 53.6 cm³/mol. The van der Waals surface area contributed by atoms with Crippen molar-refractivity contribution < 1.29 is 0 Å². The van der Waals surface area contributed by atoms with Gasteiger partial charge in [0.15, 0.2) is 0 Å². The zero-order valence-corrected chi connectivity index (χ0v) is 8.07. The molecule has 0 bridgehead atoms. The second-order valence-electron chi connectivity index (χ2n) is 3.70. The van der Waals surface area contributed by atoms with E-state index in [1.165, 1.54) is 20.7 Å². The normalized spacial score (nSPS) is 35.5. The molecule has 0 N–H and O–H groups in total. The fraction of sp³-hybridized carbons (Fsp3) is 0.600. The molecular weight excluding hydrogens is 151 g/mol. The fourth-order valence-electron chi connectivity index (χ4n) is 1.98. The fourth-order valence-corrected chi connectivity index (χ4v) is 3.18. The van der Waals surface area contributed by atoms with Crippen molar-refractivity contribution >= 4 is 19.4 Å². The average molecular weight is 165 g/mol. The van der Waals surface area contributed by atoms with Gasteiger partial charge in [0.25, 0.3) is 0 Å². The summed E-state index contributed by atoms with van der Waals surface area (Å²) in [7, 11) is 1.42. The molecule has 1 heterocycles. The van der Waals surface area contributed by atoms with Crippen LogP contribution in [-0.4, -0.2) is 11.6 Å². The summed E-state index contributed by atoms with van der Waals surface area (Å²) in [4.78, 5) is 0. The van der Waals surface area contributed by atoms with Gasteiger partial charge in [-0.05, 0) is 0 Å². The van der Waals surface area contributed by atoms with E-state index < -0.39 is 0 Å². The van der Waals surface area contributed by atoms with Crippen LogP contribution in [0.3, 0.4) is 0 Å². The standard InChI is InChI=1S/C10H14P/c1-7-3-4-8(2)10-6-11-5-9(7)10/h5-8H,3-4H2,1-2H3/q+1. The third-order valence-corrected chi connectivity index (χ3v) is 3.71. The van der Waals surface area contributed by atoms with Crippen LogP contribution < -0.4 is 0 Å². The Balaban J connectivity index is 2.38. The van der Waals surface area contributed by atoms with Crippen LogP contribution in [0.2, 0.25) is 0 Å². The second-order valence-corrected chi connectivity index (χ2v) is 4.51. The molecule has 0 aromatic carbocycles. The van der Waals surface area contributed by atoms with Crippen LogP contribution in [-0.2, 0) is 0 Å². The van der Waals surface area contributed by atoms with Crippen molar-refractivity contribution in [1.29, 1.82) is 0 Å². The van der Waals surface area contributed by atoms with E-state index in [4.69, 9.17) is 0 Å². The van der Waals surface area contributed by atoms with Crippen molar-refractivity contribution in [3.05, 3.63) is 11.1 Å². The van der Waals surface area contributed by atoms with Crippen LogP contribution in [0, 0.1) is 11.8 Å². The SMILES string of the molecule is CC1CCC(C)C2=C1C=[P+]=C2. The first kappa shape index (κ1) is 7.55. The Morgan fingerprint density at radius 2 is 1.55 bits per heavy atom. The molecule has 1 heteroatoms. The zero-order valence-electron chi connectivity index (χ0n) is 7.17. The van der Waals surface area contributed by atoms with Crippen LogP contribution in [0.5, 0.6) is 0 Å². The Bertz CT molecular complexity index is 243. The van der Waals surface area contributed by atoms with E-state index in [2.05, 4.69) is 25.4 Å². The molecule has 0 aromatic rings. The van der Waals surface area contributed by atoms with Gasteiger partial charge in [0.1, 0.15) is 0 Å². The van der Waals surface area contributed by atoms with Gasteiger partial charge in [-0.1, -0.05) is 0 Å². The molecule has 58 valence electrons. The van der Waals surface area contributed by atoms with E-state index >= 15 is 0 Å². The molecule has 2 atom stereocenters. The molecule has 0 saturated heterocycles. The second kappa shape index (κ2) is 2.75. The molecule has 0 amide bonds. The Labute approximate surface area is 69.8 Å². The van der Waals surface area contributed by atoms with Crippen molar-refractivity contribution in [2.24, 2.45) is 11.8 Å². The number of rotatable bonds is 0. The Morgan fingerprint density at radius 3 is 2.00 bits per heavy atom. The quantitative estimate of drug-likeness (QED) is 0.484. The van der Waals surface area contributed by atoms with Crippen LogP contribution in [0.4, 0.5) is 0 Å². The molecule has 0 fully saturated rings. The van der Waals surface area contributed by atoms with E-state index in [0.29, 0.717) is 0 Å². The average Bonchev–Trinajstić information content (AvgIpc) is 2.45. The van der Waals surface area contributed by atoms with Gasteiger partial charge in [-0.15, -0.1) is 0 Å². The summed E-state index contributed by atoms with van der Waals surface area (Å²) < 4.78 is 0. The first-order chi connectivity index (χ1) is 5.29. The van der Waals surface area contributed by atoms with Gasteiger partial charge in [0, 0.05) is 0 Å². The van der Waals surface area contributed by atoms with Crippen LogP contribution in [0.25, 0.3) is 0 Å². The molecule has 11 heavy (non-hydrogen) atoms. The molecule has 1 aliphatic carbocycles. The topological polar surface area (TPSA) is 0 Å². The minimum atomic E-state index is 0.826. The van der Waals surface area contributed by atoms with Crippen molar-refractivity contribution in [2.75, 3.05) is 0 Å². The van der Waals surface area contributed by atoms with E-state index in [1.54, 1.807) is 11.1 Å². The van der Waals surface area contributed by atoms with Crippen molar-refractivity contribution in [3.8, 4) is 0 Å². The van der Waals surface area contributed by atoms with Gasteiger partial charge in [-0.3, -0.25) is 0 Å². The Hall–Kier alpha value is -0.0900. The van der Waals surface area contributed by atoms with Gasteiger partial charge in [0.2, 0.25) is 0 Å². The Kier molecular flexibility index (Phi) is 1.89. The molecular formula is C10H14P+. The molecule has 2 rings (SSSR count). The summed E-state index contributed by atoms with van der Waals surface area (Å²) in [6, 6.07) is 0. The maximum absolute atomic E-state index is 2.38. The third-order valence-electron chi connectivity index (χ3n) is 2.86. The van der Waals surface area contributed by atoms with E-state index in [9.17, 15) is 0 Å². The van der Waals surface area contributed by atoms with Gasteiger partial charge >= 0.3 is 69.1 Å². The monoisotopic (exact) mass is 165 g/mol. The maximum atomic E-state index is 2.38. The van der Waals surface area contributed by atoms with E-state index in [-0.39, 0.29) is 0 Å². The number of hydrogen-bond donors (Lipinski definition) is 0. The summed E-state index contributed by atoms with van der Waals surface area (Å²) in [6.45, 7) is 4.71. The first-order valence-corrected chi connectivity index (χ1v) is 5.43. The van der Waals surface area contributed by atoms with E-state index in [0.717, 1.165) is 11.8 Å². The summed E-state index contributed by atoms with van der Waals surface area (Å²) in [5.74, 6) is 6.42. The molecule has 0 aromatic heterocycles. The zero-order chi connectivity index (χ0) is 7.84. The van der Waals surface area contributed by atoms with E-state index in [1.807, 2.05) is 0 Å². The van der Waals surface area contributed by atoms with Crippen molar-refractivity contribution in [1.82, 2.24) is 0 Å². The van der Waals surface area contributed by atoms with Crippen LogP contribution >= 0.6 is 7.83 Å². The molecule has 0 nitrogen and oxygen atoms in total. The molecule has 2 aliphatic rings. The van der Waals surface area contributed by atoms with Crippen LogP contribution in [0.1, 0.15) is 26.7 Å². The van der Waals surface area contributed by atoms with Crippen LogP contribution in [0.15, 0.2) is 11.1 Å². The predicted octanol–water partition coefficient (Wildman–Crippen LogP) is 2.91. The molecule has 1 aliphatic heterocycles. The van der Waals surface area contributed by atoms with Gasteiger partial charge in [0.05, 0.1) is 0 Å². The van der Waals surface area contributed by atoms with Gasteiger partial charge in [-0.2, -0.15) is 0 Å². The molecule has 2 unspecified atom stereocenters. The summed E-state index contributed by atoms with van der Waals surface area (Å²) >= 11 is 0. The van der Waals surface area contributed by atoms with Crippen molar-refractivity contribution in [3.63, 3.8) is 0 Å². The molecule has 0 saturated carbocycles. The number of hydrogen-bond acceptors (Lipinski definition) is 0.